The maximum Gasteiger partial charge on any atom is 0.220 e. The van der Waals surface area contributed by atoms with E-state index in [1.165, 1.54) is 218 Å². The highest BCUT2D eigenvalue weighted by molar-refractivity contribution is 5.76. The molecule has 1 amide bonds. The monoisotopic (exact) mass is 786 g/mol. The van der Waals surface area contributed by atoms with Gasteiger partial charge in [0, 0.05) is 6.42 Å². The molecule has 0 saturated heterocycles. The van der Waals surface area contributed by atoms with E-state index >= 15 is 0 Å². The highest BCUT2D eigenvalue weighted by Gasteiger charge is 2.18. The van der Waals surface area contributed by atoms with Gasteiger partial charge >= 0.3 is 0 Å². The van der Waals surface area contributed by atoms with Crippen molar-refractivity contribution >= 4 is 5.91 Å². The van der Waals surface area contributed by atoms with Crippen LogP contribution in [0.5, 0.6) is 0 Å². The normalized spacial score (nSPS) is 13.1. The Labute approximate surface area is 351 Å². The number of carbonyl (C=O) groups excluding carboxylic acids is 1. The van der Waals surface area contributed by atoms with E-state index in [0.717, 1.165) is 32.1 Å². The topological polar surface area (TPSA) is 69.6 Å². The molecule has 0 bridgehead atoms. The van der Waals surface area contributed by atoms with Crippen molar-refractivity contribution in [1.29, 1.82) is 0 Å². The molecule has 3 N–H and O–H groups in total. The number of rotatable bonds is 46. The van der Waals surface area contributed by atoms with Gasteiger partial charge < -0.3 is 15.5 Å². The number of hydrogen-bond acceptors (Lipinski definition) is 3. The minimum atomic E-state index is -0.835. The standard InChI is InChI=1S/C52H99NO3/c1-3-5-7-9-11-13-14-15-16-17-18-19-20-21-22-23-24-25-26-27-28-29-30-31-32-33-34-35-36-37-38-40-42-44-46-48-52(56)53-50(49-54)51(55)47-45-43-41-39-12-10-8-6-4-2/h20-21,23-24,45,47,50-51,54-55H,3-19,22,25-44,46,48-49H2,1-2H3,(H,53,56)/b21-20-,24-23-,47-45+. The first-order chi connectivity index (χ1) is 27.7. The lowest BCUT2D eigenvalue weighted by atomic mass is 10.0. The molecule has 2 atom stereocenters. The van der Waals surface area contributed by atoms with Crippen LogP contribution in [0.15, 0.2) is 36.5 Å². The molecule has 56 heavy (non-hydrogen) atoms. The van der Waals surface area contributed by atoms with Gasteiger partial charge in [-0.1, -0.05) is 249 Å². The third-order valence-corrected chi connectivity index (χ3v) is 11.6. The van der Waals surface area contributed by atoms with Crippen molar-refractivity contribution in [1.82, 2.24) is 5.32 Å². The summed E-state index contributed by atoms with van der Waals surface area (Å²) in [5, 5.41) is 22.9. The van der Waals surface area contributed by atoms with Crippen LogP contribution in [-0.2, 0) is 4.79 Å². The van der Waals surface area contributed by atoms with Crippen LogP contribution in [0.1, 0.15) is 271 Å². The van der Waals surface area contributed by atoms with E-state index < -0.39 is 12.1 Å². The SMILES string of the molecule is CCCCCCCCC/C=C/C(O)C(CO)NC(=O)CCCCCCCCCCCCCCCCCCC/C=C\C/C=C\CCCCCCCCCCCCC. The fourth-order valence-corrected chi connectivity index (χ4v) is 7.74. The Morgan fingerprint density at radius 2 is 0.732 bits per heavy atom. The maximum atomic E-state index is 12.4. The smallest absolute Gasteiger partial charge is 0.220 e. The van der Waals surface area contributed by atoms with Gasteiger partial charge in [-0.15, -0.1) is 0 Å². The van der Waals surface area contributed by atoms with E-state index in [4.69, 9.17) is 0 Å². The van der Waals surface area contributed by atoms with Crippen LogP contribution < -0.4 is 5.32 Å². The number of hydrogen-bond donors (Lipinski definition) is 3. The third kappa shape index (κ3) is 43.7. The van der Waals surface area contributed by atoms with Crippen LogP contribution in [0.2, 0.25) is 0 Å². The lowest BCUT2D eigenvalue weighted by molar-refractivity contribution is -0.123. The van der Waals surface area contributed by atoms with Gasteiger partial charge in [0.1, 0.15) is 0 Å². The molecule has 4 heteroatoms. The molecule has 0 aromatic carbocycles. The zero-order chi connectivity index (χ0) is 40.7. The highest BCUT2D eigenvalue weighted by Crippen LogP contribution is 2.16. The van der Waals surface area contributed by atoms with Crippen molar-refractivity contribution in [3.05, 3.63) is 36.5 Å². The summed E-state index contributed by atoms with van der Waals surface area (Å²) in [4.78, 5) is 12.4. The van der Waals surface area contributed by atoms with E-state index in [9.17, 15) is 15.0 Å². The lowest BCUT2D eigenvalue weighted by Crippen LogP contribution is -2.45. The minimum Gasteiger partial charge on any atom is -0.394 e. The minimum absolute atomic E-state index is 0.0644. The summed E-state index contributed by atoms with van der Waals surface area (Å²) in [6.45, 7) is 4.29. The van der Waals surface area contributed by atoms with Gasteiger partial charge in [0.25, 0.3) is 0 Å². The highest BCUT2D eigenvalue weighted by atomic mass is 16.3. The Kier molecular flexibility index (Phi) is 46.8. The summed E-state index contributed by atoms with van der Waals surface area (Å²) < 4.78 is 0. The molecule has 0 fully saturated rings. The van der Waals surface area contributed by atoms with Gasteiger partial charge in [-0.2, -0.15) is 0 Å². The molecule has 0 radical (unpaired) electrons. The van der Waals surface area contributed by atoms with Crippen molar-refractivity contribution in [3.63, 3.8) is 0 Å². The van der Waals surface area contributed by atoms with E-state index in [0.29, 0.717) is 6.42 Å². The quantitative estimate of drug-likeness (QED) is 0.0425. The van der Waals surface area contributed by atoms with E-state index in [-0.39, 0.29) is 12.5 Å². The Bertz CT molecular complexity index is 851. The van der Waals surface area contributed by atoms with Gasteiger partial charge in [0.2, 0.25) is 5.91 Å². The molecule has 0 aliphatic heterocycles. The fraction of sp³-hybridized carbons (Fsp3) is 0.865. The summed E-state index contributed by atoms with van der Waals surface area (Å²) in [6, 6.07) is -0.618. The number of unbranched alkanes of at least 4 members (excludes halogenated alkanes) is 35. The van der Waals surface area contributed by atoms with Gasteiger partial charge in [-0.05, 0) is 51.4 Å². The Morgan fingerprint density at radius 1 is 0.429 bits per heavy atom. The van der Waals surface area contributed by atoms with Crippen molar-refractivity contribution < 1.29 is 15.0 Å². The van der Waals surface area contributed by atoms with Gasteiger partial charge in [0.15, 0.2) is 0 Å². The molecule has 0 aliphatic carbocycles. The first kappa shape index (κ1) is 54.6. The predicted octanol–water partition coefficient (Wildman–Crippen LogP) is 16.1. The van der Waals surface area contributed by atoms with Crippen molar-refractivity contribution in [2.75, 3.05) is 6.61 Å². The lowest BCUT2D eigenvalue weighted by Gasteiger charge is -2.20. The second-order valence-electron chi connectivity index (χ2n) is 17.2. The summed E-state index contributed by atoms with van der Waals surface area (Å²) in [5.41, 5.74) is 0. The molecular formula is C52H99NO3. The summed E-state index contributed by atoms with van der Waals surface area (Å²) in [7, 11) is 0. The van der Waals surface area contributed by atoms with E-state index in [1.807, 2.05) is 6.08 Å². The van der Waals surface area contributed by atoms with Crippen LogP contribution in [-0.4, -0.2) is 34.9 Å². The zero-order valence-electron chi connectivity index (χ0n) is 37.9. The van der Waals surface area contributed by atoms with E-state index in [2.05, 4.69) is 43.5 Å². The average molecular weight is 786 g/mol. The molecular weight excluding hydrogens is 687 g/mol. The van der Waals surface area contributed by atoms with Crippen LogP contribution in [0.25, 0.3) is 0 Å². The molecule has 4 nitrogen and oxygen atoms in total. The number of carbonyl (C=O) groups is 1. The Balaban J connectivity index is 3.40. The van der Waals surface area contributed by atoms with Crippen LogP contribution in [0.3, 0.4) is 0 Å². The van der Waals surface area contributed by atoms with Crippen molar-refractivity contribution in [2.24, 2.45) is 0 Å². The van der Waals surface area contributed by atoms with Gasteiger partial charge in [-0.3, -0.25) is 4.79 Å². The molecule has 0 heterocycles. The molecule has 330 valence electrons. The zero-order valence-corrected chi connectivity index (χ0v) is 37.9. The Morgan fingerprint density at radius 3 is 1.07 bits per heavy atom. The van der Waals surface area contributed by atoms with Crippen molar-refractivity contribution in [3.8, 4) is 0 Å². The molecule has 0 aromatic heterocycles. The Hall–Kier alpha value is -1.39. The molecule has 0 aromatic rings. The van der Waals surface area contributed by atoms with Crippen LogP contribution in [0.4, 0.5) is 0 Å². The number of aliphatic hydroxyl groups excluding tert-OH is 2. The average Bonchev–Trinajstić information content (AvgIpc) is 3.20. The van der Waals surface area contributed by atoms with Crippen LogP contribution >= 0.6 is 0 Å². The molecule has 2 unspecified atom stereocenters. The molecule has 0 spiro atoms. The number of amides is 1. The summed E-state index contributed by atoms with van der Waals surface area (Å²) in [5.74, 6) is -0.0644. The number of allylic oxidation sites excluding steroid dienone is 5. The second kappa shape index (κ2) is 48.0. The van der Waals surface area contributed by atoms with Gasteiger partial charge in [-0.25, -0.2) is 0 Å². The molecule has 0 rings (SSSR count). The van der Waals surface area contributed by atoms with Gasteiger partial charge in [0.05, 0.1) is 18.8 Å². The largest absolute Gasteiger partial charge is 0.394 e. The summed E-state index contributed by atoms with van der Waals surface area (Å²) in [6.07, 6.45) is 64.5. The molecule has 0 saturated carbocycles. The predicted molar refractivity (Wildman–Crippen MR) is 248 cm³/mol. The summed E-state index contributed by atoms with van der Waals surface area (Å²) >= 11 is 0. The number of nitrogens with one attached hydrogen (secondary N) is 1. The number of aliphatic hydroxyl groups is 2. The first-order valence-electron chi connectivity index (χ1n) is 25.2. The van der Waals surface area contributed by atoms with E-state index in [1.54, 1.807) is 6.08 Å². The third-order valence-electron chi connectivity index (χ3n) is 11.6. The molecule has 0 aliphatic rings. The van der Waals surface area contributed by atoms with Crippen molar-refractivity contribution in [2.45, 2.75) is 283 Å². The first-order valence-corrected chi connectivity index (χ1v) is 25.2. The fourth-order valence-electron chi connectivity index (χ4n) is 7.74. The van der Waals surface area contributed by atoms with Crippen LogP contribution in [0, 0.1) is 0 Å². The maximum absolute atomic E-state index is 12.4. The second-order valence-corrected chi connectivity index (χ2v) is 17.2.